The summed E-state index contributed by atoms with van der Waals surface area (Å²) in [5, 5.41) is 10.5. The Balaban J connectivity index is 1.74. The summed E-state index contributed by atoms with van der Waals surface area (Å²) in [4.78, 5) is 4.15. The van der Waals surface area contributed by atoms with Gasteiger partial charge in [0.05, 0.1) is 0 Å². The molecular weight excluding hydrogens is 349 g/mol. The highest BCUT2D eigenvalue weighted by Crippen LogP contribution is 2.17. The van der Waals surface area contributed by atoms with Gasteiger partial charge in [0, 0.05) is 43.5 Å². The molecule has 1 aromatic carbocycles. The zero-order chi connectivity index (χ0) is 15.8. The Kier molecular flexibility index (Phi) is 6.39. The van der Waals surface area contributed by atoms with Crippen LogP contribution in [0.5, 0.6) is 0 Å². The molecule has 0 fully saturated rings. The van der Waals surface area contributed by atoms with Crippen molar-refractivity contribution < 1.29 is 4.39 Å². The molecule has 0 atom stereocenters. The average Bonchev–Trinajstić information content (AvgIpc) is 3.03. The number of halogens is 2. The van der Waals surface area contributed by atoms with Gasteiger partial charge in [-0.1, -0.05) is 15.9 Å². The monoisotopic (exact) mass is 367 g/mol. The zero-order valence-corrected chi connectivity index (χ0v) is 14.0. The fourth-order valence-electron chi connectivity index (χ4n) is 1.96. The molecule has 0 radical (unpaired) electrons. The molecule has 118 valence electrons. The minimum atomic E-state index is -0.248. The molecule has 0 spiro atoms. The van der Waals surface area contributed by atoms with Crippen molar-refractivity contribution in [1.29, 1.82) is 0 Å². The van der Waals surface area contributed by atoms with Crippen molar-refractivity contribution >= 4 is 21.9 Å². The summed E-state index contributed by atoms with van der Waals surface area (Å²) in [6, 6.07) is 6.54. The number of aliphatic imine (C=N–C) groups is 1. The minimum Gasteiger partial charge on any atom is -0.356 e. The van der Waals surface area contributed by atoms with Gasteiger partial charge < -0.3 is 10.6 Å². The van der Waals surface area contributed by atoms with E-state index >= 15 is 0 Å². The van der Waals surface area contributed by atoms with E-state index in [1.807, 2.05) is 16.9 Å². The summed E-state index contributed by atoms with van der Waals surface area (Å²) < 4.78 is 16.0. The molecule has 5 nitrogen and oxygen atoms in total. The topological polar surface area (TPSA) is 54.2 Å². The average molecular weight is 368 g/mol. The summed E-state index contributed by atoms with van der Waals surface area (Å²) in [6.45, 7) is 2.13. The Bertz CT molecular complexity index is 612. The van der Waals surface area contributed by atoms with Gasteiger partial charge in [0.2, 0.25) is 0 Å². The maximum atomic E-state index is 13.2. The van der Waals surface area contributed by atoms with Crippen LogP contribution in [0.1, 0.15) is 12.0 Å². The highest BCUT2D eigenvalue weighted by Gasteiger charge is 2.03. The van der Waals surface area contributed by atoms with Gasteiger partial charge in [-0.15, -0.1) is 0 Å². The molecular formula is C15H19BrFN5. The van der Waals surface area contributed by atoms with Crippen LogP contribution in [0.4, 0.5) is 4.39 Å². The second kappa shape index (κ2) is 8.53. The third kappa shape index (κ3) is 5.14. The molecule has 0 aliphatic rings. The highest BCUT2D eigenvalue weighted by molar-refractivity contribution is 9.10. The lowest BCUT2D eigenvalue weighted by Gasteiger charge is -2.13. The van der Waals surface area contributed by atoms with Crippen molar-refractivity contribution in [2.24, 2.45) is 4.99 Å². The smallest absolute Gasteiger partial charge is 0.191 e. The van der Waals surface area contributed by atoms with Crippen LogP contribution in [0.3, 0.4) is 0 Å². The third-order valence-electron chi connectivity index (χ3n) is 3.09. The third-order valence-corrected chi connectivity index (χ3v) is 3.87. The number of hydrogen-bond donors (Lipinski definition) is 2. The summed E-state index contributed by atoms with van der Waals surface area (Å²) in [7, 11) is 1.71. The van der Waals surface area contributed by atoms with Gasteiger partial charge in [-0.25, -0.2) is 4.39 Å². The van der Waals surface area contributed by atoms with Gasteiger partial charge in [0.15, 0.2) is 5.96 Å². The van der Waals surface area contributed by atoms with E-state index in [1.54, 1.807) is 19.3 Å². The van der Waals surface area contributed by atoms with Crippen LogP contribution in [-0.4, -0.2) is 29.3 Å². The number of aromatic nitrogens is 2. The van der Waals surface area contributed by atoms with E-state index in [9.17, 15) is 4.39 Å². The van der Waals surface area contributed by atoms with Crippen LogP contribution in [-0.2, 0) is 13.1 Å². The Labute approximate surface area is 137 Å². The second-order valence-electron chi connectivity index (χ2n) is 4.71. The molecule has 0 saturated heterocycles. The molecule has 0 aliphatic heterocycles. The molecule has 0 amide bonds. The Hall–Kier alpha value is -1.89. The number of aryl methyl sites for hydroxylation is 1. The van der Waals surface area contributed by atoms with Crippen LogP contribution in [0.25, 0.3) is 0 Å². The molecule has 0 saturated carbocycles. The maximum Gasteiger partial charge on any atom is 0.191 e. The minimum absolute atomic E-state index is 0.248. The molecule has 2 aromatic rings. The fraction of sp³-hybridized carbons (Fsp3) is 0.333. The van der Waals surface area contributed by atoms with Crippen LogP contribution in [0, 0.1) is 5.82 Å². The quantitative estimate of drug-likeness (QED) is 0.468. The first kappa shape index (κ1) is 16.5. The normalized spacial score (nSPS) is 11.5. The largest absolute Gasteiger partial charge is 0.356 e. The van der Waals surface area contributed by atoms with Gasteiger partial charge in [0.25, 0.3) is 0 Å². The first-order chi connectivity index (χ1) is 10.7. The summed E-state index contributed by atoms with van der Waals surface area (Å²) in [5.74, 6) is 0.443. The fourth-order valence-corrected chi connectivity index (χ4v) is 2.35. The lowest BCUT2D eigenvalue weighted by atomic mass is 10.2. The Morgan fingerprint density at radius 1 is 1.41 bits per heavy atom. The van der Waals surface area contributed by atoms with Crippen molar-refractivity contribution in [3.8, 4) is 0 Å². The Morgan fingerprint density at radius 3 is 3.00 bits per heavy atom. The van der Waals surface area contributed by atoms with E-state index in [0.717, 1.165) is 29.5 Å². The van der Waals surface area contributed by atoms with Gasteiger partial charge >= 0.3 is 0 Å². The first-order valence-electron chi connectivity index (χ1n) is 7.05. The van der Waals surface area contributed by atoms with Crippen molar-refractivity contribution in [2.75, 3.05) is 13.6 Å². The first-order valence-corrected chi connectivity index (χ1v) is 7.84. The number of benzene rings is 1. The number of hydrogen-bond acceptors (Lipinski definition) is 2. The van der Waals surface area contributed by atoms with E-state index < -0.39 is 0 Å². The summed E-state index contributed by atoms with van der Waals surface area (Å²) in [6.07, 6.45) is 4.64. The van der Waals surface area contributed by atoms with E-state index in [-0.39, 0.29) is 5.82 Å². The van der Waals surface area contributed by atoms with E-state index in [2.05, 4.69) is 36.7 Å². The molecule has 2 N–H and O–H groups in total. The number of rotatable bonds is 6. The zero-order valence-electron chi connectivity index (χ0n) is 12.4. The number of nitrogens with zero attached hydrogens (tertiary/aromatic N) is 3. The molecule has 0 aliphatic carbocycles. The molecule has 1 heterocycles. The van der Waals surface area contributed by atoms with Crippen molar-refractivity contribution in [1.82, 2.24) is 20.4 Å². The SMILES string of the molecule is CN=C(NCCCn1cccn1)NCc1cc(F)ccc1Br. The highest BCUT2D eigenvalue weighted by atomic mass is 79.9. The standard InChI is InChI=1S/C15H19BrFN5/c1-18-15(19-6-2-8-22-9-3-7-21-22)20-11-12-10-13(17)4-5-14(12)16/h3-5,7,9-10H,2,6,8,11H2,1H3,(H2,18,19,20). The maximum absolute atomic E-state index is 13.2. The van der Waals surface area contributed by atoms with Gasteiger partial charge in [-0.05, 0) is 36.2 Å². The van der Waals surface area contributed by atoms with Gasteiger partial charge in [0.1, 0.15) is 5.82 Å². The van der Waals surface area contributed by atoms with Crippen molar-refractivity contribution in [2.45, 2.75) is 19.5 Å². The summed E-state index contributed by atoms with van der Waals surface area (Å²) in [5.41, 5.74) is 0.847. The predicted octanol–water partition coefficient (Wildman–Crippen LogP) is 2.54. The van der Waals surface area contributed by atoms with E-state index in [0.29, 0.717) is 12.5 Å². The molecule has 22 heavy (non-hydrogen) atoms. The Morgan fingerprint density at radius 2 is 2.27 bits per heavy atom. The molecule has 2 rings (SSSR count). The van der Waals surface area contributed by atoms with Crippen molar-refractivity contribution in [3.63, 3.8) is 0 Å². The molecule has 0 unspecified atom stereocenters. The van der Waals surface area contributed by atoms with Gasteiger partial charge in [-0.2, -0.15) is 5.10 Å². The molecule has 7 heteroatoms. The van der Waals surface area contributed by atoms with Crippen LogP contribution >= 0.6 is 15.9 Å². The predicted molar refractivity (Wildman–Crippen MR) is 89.1 cm³/mol. The van der Waals surface area contributed by atoms with E-state index in [4.69, 9.17) is 0 Å². The molecule has 1 aromatic heterocycles. The van der Waals surface area contributed by atoms with Crippen molar-refractivity contribution in [3.05, 3.63) is 52.5 Å². The second-order valence-corrected chi connectivity index (χ2v) is 5.57. The van der Waals surface area contributed by atoms with E-state index in [1.165, 1.54) is 12.1 Å². The number of guanidine groups is 1. The van der Waals surface area contributed by atoms with Gasteiger partial charge in [-0.3, -0.25) is 9.67 Å². The lowest BCUT2D eigenvalue weighted by Crippen LogP contribution is -2.37. The number of nitrogens with one attached hydrogen (secondary N) is 2. The molecule has 0 bridgehead atoms. The van der Waals surface area contributed by atoms with Crippen LogP contribution in [0.2, 0.25) is 0 Å². The van der Waals surface area contributed by atoms with Crippen LogP contribution in [0.15, 0.2) is 46.1 Å². The van der Waals surface area contributed by atoms with Crippen LogP contribution < -0.4 is 10.6 Å². The lowest BCUT2D eigenvalue weighted by molar-refractivity contribution is 0.570. The summed E-state index contributed by atoms with van der Waals surface area (Å²) >= 11 is 3.41.